The lowest BCUT2D eigenvalue weighted by molar-refractivity contribution is -0.189. The van der Waals surface area contributed by atoms with E-state index in [0.29, 0.717) is 24.8 Å². The van der Waals surface area contributed by atoms with Gasteiger partial charge in [0.15, 0.2) is 0 Å². The molecule has 2 aromatic rings. The smallest absolute Gasteiger partial charge is 0.419 e. The minimum atomic E-state index is -5.17. The van der Waals surface area contributed by atoms with E-state index in [1.165, 1.54) is 22.6 Å². The molecule has 0 saturated carbocycles. The zero-order valence-corrected chi connectivity index (χ0v) is 21.5. The molecule has 0 radical (unpaired) electrons. The summed E-state index contributed by atoms with van der Waals surface area (Å²) in [6.45, 7) is 4.31. The highest BCUT2D eigenvalue weighted by molar-refractivity contribution is 5.98. The van der Waals surface area contributed by atoms with Crippen LogP contribution < -0.4 is 10.1 Å². The second-order valence-electron chi connectivity index (χ2n) is 10.0. The molecule has 6 nitrogen and oxygen atoms in total. The molecule has 2 saturated heterocycles. The molecular formula is C28H34F3N3O3. The Labute approximate surface area is 215 Å². The van der Waals surface area contributed by atoms with Gasteiger partial charge in [0.25, 0.3) is 5.91 Å². The first-order valence-electron chi connectivity index (χ1n) is 12.8. The summed E-state index contributed by atoms with van der Waals surface area (Å²) in [5, 5.41) is 3.46. The standard InChI is InChI=1S/C28H34F3N3O3/c1-4-34(5-2)25(35)23-12-11-20(16-24(23)37-26(36)28(29,30)31)32-21-15-22-13-14-27(18-21,33(22)3)17-19-9-7-6-8-10-19/h6-12,16,21-22,32H,4-5,13-15,17-18H2,1-3H3. The van der Waals surface area contributed by atoms with E-state index in [1.54, 1.807) is 19.9 Å². The number of rotatable bonds is 8. The zero-order chi connectivity index (χ0) is 26.8. The molecule has 200 valence electrons. The highest BCUT2D eigenvalue weighted by atomic mass is 19.4. The summed E-state index contributed by atoms with van der Waals surface area (Å²) in [4.78, 5) is 28.6. The highest BCUT2D eigenvalue weighted by Crippen LogP contribution is 2.45. The van der Waals surface area contributed by atoms with Crippen molar-refractivity contribution in [2.24, 2.45) is 0 Å². The van der Waals surface area contributed by atoms with Crippen molar-refractivity contribution in [1.82, 2.24) is 9.80 Å². The van der Waals surface area contributed by atoms with Crippen LogP contribution in [0.4, 0.5) is 18.9 Å². The average Bonchev–Trinajstić information content (AvgIpc) is 3.02. The van der Waals surface area contributed by atoms with Crippen LogP contribution >= 0.6 is 0 Å². The van der Waals surface area contributed by atoms with Crippen molar-refractivity contribution in [1.29, 1.82) is 0 Å². The van der Waals surface area contributed by atoms with Crippen LogP contribution in [0.15, 0.2) is 48.5 Å². The Morgan fingerprint density at radius 1 is 1.14 bits per heavy atom. The van der Waals surface area contributed by atoms with E-state index in [9.17, 15) is 22.8 Å². The van der Waals surface area contributed by atoms with E-state index in [0.717, 1.165) is 32.1 Å². The van der Waals surface area contributed by atoms with E-state index < -0.39 is 18.1 Å². The molecule has 0 spiro atoms. The van der Waals surface area contributed by atoms with Gasteiger partial charge in [-0.3, -0.25) is 9.69 Å². The topological polar surface area (TPSA) is 61.9 Å². The Morgan fingerprint density at radius 3 is 2.49 bits per heavy atom. The minimum absolute atomic E-state index is 0.00776. The monoisotopic (exact) mass is 517 g/mol. The molecule has 3 atom stereocenters. The number of fused-ring (bicyclic) bond motifs is 2. The second kappa shape index (κ2) is 10.7. The number of anilines is 1. The second-order valence-corrected chi connectivity index (χ2v) is 10.0. The van der Waals surface area contributed by atoms with Gasteiger partial charge in [-0.2, -0.15) is 13.2 Å². The largest absolute Gasteiger partial charge is 0.491 e. The predicted octanol–water partition coefficient (Wildman–Crippen LogP) is 5.29. The molecule has 2 heterocycles. The maximum Gasteiger partial charge on any atom is 0.491 e. The molecule has 2 aromatic carbocycles. The molecular weight excluding hydrogens is 483 g/mol. The Hall–Kier alpha value is -3.07. The van der Waals surface area contributed by atoms with Crippen LogP contribution in [0.5, 0.6) is 5.75 Å². The van der Waals surface area contributed by atoms with Gasteiger partial charge >= 0.3 is 12.1 Å². The molecule has 1 N–H and O–H groups in total. The number of likely N-dealkylation sites (N-methyl/N-ethyl adjacent to an activating group) is 1. The van der Waals surface area contributed by atoms with Crippen LogP contribution in [0.25, 0.3) is 0 Å². The fourth-order valence-electron chi connectivity index (χ4n) is 5.90. The first-order chi connectivity index (χ1) is 17.6. The van der Waals surface area contributed by atoms with Crippen LogP contribution in [0.2, 0.25) is 0 Å². The number of amides is 1. The third-order valence-corrected chi connectivity index (χ3v) is 7.87. The number of nitrogens with zero attached hydrogens (tertiary/aromatic N) is 2. The molecule has 0 aromatic heterocycles. The Kier molecular flexibility index (Phi) is 7.83. The summed E-state index contributed by atoms with van der Waals surface area (Å²) < 4.78 is 43.7. The summed E-state index contributed by atoms with van der Waals surface area (Å²) in [5.41, 5.74) is 1.71. The zero-order valence-electron chi connectivity index (χ0n) is 21.5. The van der Waals surface area contributed by atoms with Crippen LogP contribution in [0, 0.1) is 0 Å². The molecule has 2 aliphatic heterocycles. The molecule has 0 aliphatic carbocycles. The number of ether oxygens (including phenoxy) is 1. The van der Waals surface area contributed by atoms with Crippen LogP contribution in [-0.2, 0) is 11.2 Å². The van der Waals surface area contributed by atoms with Gasteiger partial charge in [0, 0.05) is 42.5 Å². The van der Waals surface area contributed by atoms with Crippen molar-refractivity contribution in [2.75, 3.05) is 25.5 Å². The number of alkyl halides is 3. The molecule has 1 amide bonds. The number of piperidine rings is 1. The molecule has 2 fully saturated rings. The Balaban J connectivity index is 1.58. The molecule has 3 unspecified atom stereocenters. The number of carbonyl (C=O) groups excluding carboxylic acids is 2. The number of halogens is 3. The van der Waals surface area contributed by atoms with Crippen LogP contribution in [-0.4, -0.2) is 65.6 Å². The molecule has 2 bridgehead atoms. The highest BCUT2D eigenvalue weighted by Gasteiger charge is 2.49. The molecule has 4 rings (SSSR count). The van der Waals surface area contributed by atoms with Gasteiger partial charge in [0.1, 0.15) is 5.75 Å². The maximum absolute atomic E-state index is 13.0. The van der Waals surface area contributed by atoms with Gasteiger partial charge < -0.3 is 15.0 Å². The molecule has 2 aliphatic rings. The number of benzene rings is 2. The summed E-state index contributed by atoms with van der Waals surface area (Å²) in [6.07, 6.45) is -0.321. The van der Waals surface area contributed by atoms with Crippen molar-refractivity contribution < 1.29 is 27.5 Å². The Bertz CT molecular complexity index is 1120. The van der Waals surface area contributed by atoms with Crippen LogP contribution in [0.3, 0.4) is 0 Å². The number of nitrogens with one attached hydrogen (secondary N) is 1. The first kappa shape index (κ1) is 27.0. The normalized spacial score (nSPS) is 23.5. The fourth-order valence-corrected chi connectivity index (χ4v) is 5.90. The van der Waals surface area contributed by atoms with Crippen molar-refractivity contribution in [3.05, 3.63) is 59.7 Å². The summed E-state index contributed by atoms with van der Waals surface area (Å²) in [5.74, 6) is -3.22. The van der Waals surface area contributed by atoms with Crippen molar-refractivity contribution >= 4 is 17.6 Å². The third-order valence-electron chi connectivity index (χ3n) is 7.87. The average molecular weight is 518 g/mol. The number of esters is 1. The number of carbonyl (C=O) groups is 2. The summed E-state index contributed by atoms with van der Waals surface area (Å²) >= 11 is 0. The van der Waals surface area contributed by atoms with Crippen molar-refractivity contribution in [3.8, 4) is 5.75 Å². The summed E-state index contributed by atoms with van der Waals surface area (Å²) in [7, 11) is 2.18. The lowest BCUT2D eigenvalue weighted by Gasteiger charge is -2.46. The minimum Gasteiger partial charge on any atom is -0.419 e. The van der Waals surface area contributed by atoms with E-state index in [1.807, 2.05) is 18.2 Å². The molecule has 9 heteroatoms. The van der Waals surface area contributed by atoms with E-state index >= 15 is 0 Å². The van der Waals surface area contributed by atoms with Crippen LogP contribution in [0.1, 0.15) is 55.5 Å². The van der Waals surface area contributed by atoms with Crippen molar-refractivity contribution in [3.63, 3.8) is 0 Å². The summed E-state index contributed by atoms with van der Waals surface area (Å²) in [6, 6.07) is 15.3. The maximum atomic E-state index is 13.0. The van der Waals surface area contributed by atoms with Gasteiger partial charge in [-0.15, -0.1) is 0 Å². The quantitative estimate of drug-likeness (QED) is 0.381. The van der Waals surface area contributed by atoms with E-state index in [-0.39, 0.29) is 22.9 Å². The lowest BCUT2D eigenvalue weighted by Crippen LogP contribution is -2.54. The van der Waals surface area contributed by atoms with E-state index in [2.05, 4.69) is 29.4 Å². The van der Waals surface area contributed by atoms with Gasteiger partial charge in [-0.1, -0.05) is 30.3 Å². The van der Waals surface area contributed by atoms with Gasteiger partial charge in [-0.25, -0.2) is 4.79 Å². The van der Waals surface area contributed by atoms with Gasteiger partial charge in [-0.05, 0) is 70.7 Å². The van der Waals surface area contributed by atoms with E-state index in [4.69, 9.17) is 4.74 Å². The van der Waals surface area contributed by atoms with Gasteiger partial charge in [0.05, 0.1) is 5.56 Å². The Morgan fingerprint density at radius 2 is 1.84 bits per heavy atom. The number of hydrogen-bond acceptors (Lipinski definition) is 5. The third kappa shape index (κ3) is 5.76. The molecule has 37 heavy (non-hydrogen) atoms. The predicted molar refractivity (Wildman–Crippen MR) is 136 cm³/mol. The lowest BCUT2D eigenvalue weighted by atomic mass is 9.80. The fraction of sp³-hybridized carbons (Fsp3) is 0.500. The first-order valence-corrected chi connectivity index (χ1v) is 12.8. The van der Waals surface area contributed by atoms with Crippen molar-refractivity contribution in [2.45, 2.75) is 69.8 Å². The number of hydrogen-bond donors (Lipinski definition) is 1. The SMILES string of the molecule is CCN(CC)C(=O)c1ccc(NC2CC3CCC(Cc4ccccc4)(C2)N3C)cc1OC(=O)C(F)(F)F. The van der Waals surface area contributed by atoms with Gasteiger partial charge in [0.2, 0.25) is 0 Å².